The maximum absolute atomic E-state index is 12.1. The van der Waals surface area contributed by atoms with Crippen LogP contribution in [0.4, 0.5) is 5.69 Å². The van der Waals surface area contributed by atoms with Gasteiger partial charge in [0.25, 0.3) is 5.69 Å². The molecule has 5 heteroatoms. The van der Waals surface area contributed by atoms with Gasteiger partial charge in [0.1, 0.15) is 29.3 Å². The highest BCUT2D eigenvalue weighted by Crippen LogP contribution is 2.59. The highest BCUT2D eigenvalue weighted by Gasteiger charge is 2.46. The monoisotopic (exact) mass is 490 g/mol. The Hall–Kier alpha value is -2.81. The highest BCUT2D eigenvalue weighted by atomic mass is 79.9. The molecule has 0 aliphatic carbocycles. The van der Waals surface area contributed by atoms with Crippen LogP contribution in [-0.4, -0.2) is 4.92 Å². The summed E-state index contributed by atoms with van der Waals surface area (Å²) in [6.07, 6.45) is 0.586. The number of benzene rings is 4. The molecule has 0 N–H and O–H groups in total. The van der Waals surface area contributed by atoms with Crippen molar-refractivity contribution in [1.82, 2.24) is 0 Å². The van der Waals surface area contributed by atoms with Gasteiger partial charge in [-0.25, -0.2) is 0 Å². The van der Waals surface area contributed by atoms with E-state index in [1.807, 2.05) is 36.4 Å². The predicted octanol–water partition coefficient (Wildman–Crippen LogP) is 5.98. The molecule has 4 aromatic carbocycles. The molecule has 31 heavy (non-hydrogen) atoms. The van der Waals surface area contributed by atoms with Gasteiger partial charge in [-0.2, -0.15) is 0 Å². The van der Waals surface area contributed by atoms with Crippen molar-refractivity contribution in [3.63, 3.8) is 0 Å². The molecule has 0 aliphatic rings. The molecule has 0 atom stereocenters. The minimum atomic E-state index is -2.19. The lowest BCUT2D eigenvalue weighted by atomic mass is 10.1. The Morgan fingerprint density at radius 1 is 0.645 bits per heavy atom. The van der Waals surface area contributed by atoms with E-state index in [-0.39, 0.29) is 10.6 Å². The molecule has 0 aliphatic heterocycles. The first-order valence-corrected chi connectivity index (χ1v) is 13.1. The average molecular weight is 491 g/mol. The van der Waals surface area contributed by atoms with Crippen molar-refractivity contribution >= 4 is 44.8 Å². The summed E-state index contributed by atoms with van der Waals surface area (Å²) in [5.74, 6) is 0. The number of para-hydroxylation sites is 1. The first-order chi connectivity index (χ1) is 15.2. The molecular weight excluding hydrogens is 469 g/mol. The molecule has 0 unspecified atom stereocenters. The molecule has 4 rings (SSSR count). The van der Waals surface area contributed by atoms with Gasteiger partial charge in [-0.15, -0.1) is 0 Å². The summed E-state index contributed by atoms with van der Waals surface area (Å²) in [5, 5.41) is 16.2. The van der Waals surface area contributed by atoms with Crippen LogP contribution >= 0.6 is 23.2 Å². The number of nitro groups is 1. The number of hydrogen-bond donors (Lipinski definition) is 0. The summed E-state index contributed by atoms with van der Waals surface area (Å²) in [5.41, 5.74) is 1.69. The minimum Gasteiger partial charge on any atom is -0.258 e. The van der Waals surface area contributed by atoms with E-state index in [0.29, 0.717) is 17.1 Å². The van der Waals surface area contributed by atoms with Gasteiger partial charge in [0.05, 0.1) is 10.5 Å². The molecule has 0 saturated heterocycles. The molecule has 0 spiro atoms. The predicted molar refractivity (Wildman–Crippen MR) is 135 cm³/mol. The molecule has 0 heterocycles. The number of rotatable bonds is 7. The third-order valence-corrected chi connectivity index (χ3v) is 10.5. The van der Waals surface area contributed by atoms with Crippen molar-refractivity contribution in [3.05, 3.63) is 130 Å². The topological polar surface area (TPSA) is 43.1 Å². The van der Waals surface area contributed by atoms with Crippen LogP contribution in [-0.2, 0) is 11.5 Å². The maximum atomic E-state index is 12.1. The molecule has 0 radical (unpaired) electrons. The molecule has 4 aromatic rings. The largest absolute Gasteiger partial charge is 0.280 e. The van der Waals surface area contributed by atoms with Crippen LogP contribution in [0.3, 0.4) is 0 Å². The standard InChI is InChI=1S/C26H22BrNO2P/c27-19-21-11-10-12-22(26(21)28(29)30)20-31(23-13-4-1-5-14-23,24-15-6-2-7-16-24)25-17-8-3-9-18-25/h1-18H,19-20H2/q+1. The summed E-state index contributed by atoms with van der Waals surface area (Å²) in [6.45, 7) is 0. The smallest absolute Gasteiger partial charge is 0.258 e. The third kappa shape index (κ3) is 4.19. The zero-order valence-electron chi connectivity index (χ0n) is 16.9. The summed E-state index contributed by atoms with van der Waals surface area (Å²) < 4.78 is 0. The third-order valence-electron chi connectivity index (χ3n) is 5.53. The van der Waals surface area contributed by atoms with E-state index in [1.165, 1.54) is 15.9 Å². The van der Waals surface area contributed by atoms with E-state index in [9.17, 15) is 10.1 Å². The fourth-order valence-corrected chi connectivity index (χ4v) is 8.84. The summed E-state index contributed by atoms with van der Waals surface area (Å²) in [6, 6.07) is 37.0. The Labute approximate surface area is 191 Å². The number of halogens is 1. The molecule has 3 nitrogen and oxygen atoms in total. The first kappa shape index (κ1) is 21.4. The van der Waals surface area contributed by atoms with E-state index < -0.39 is 7.26 Å². The van der Waals surface area contributed by atoms with Crippen LogP contribution in [0.1, 0.15) is 11.1 Å². The Morgan fingerprint density at radius 2 is 1.06 bits per heavy atom. The second-order valence-corrected chi connectivity index (χ2v) is 11.3. The van der Waals surface area contributed by atoms with Crippen molar-refractivity contribution in [1.29, 1.82) is 0 Å². The van der Waals surface area contributed by atoms with Crippen molar-refractivity contribution < 1.29 is 4.92 Å². The van der Waals surface area contributed by atoms with Crippen LogP contribution in [0, 0.1) is 10.1 Å². The molecule has 0 fully saturated rings. The van der Waals surface area contributed by atoms with Crippen molar-refractivity contribution in [2.75, 3.05) is 0 Å². The van der Waals surface area contributed by atoms with Crippen LogP contribution in [0.15, 0.2) is 109 Å². The van der Waals surface area contributed by atoms with Crippen LogP contribution in [0.2, 0.25) is 0 Å². The molecule has 0 saturated carbocycles. The van der Waals surface area contributed by atoms with Gasteiger partial charge in [-0.1, -0.05) is 82.7 Å². The van der Waals surface area contributed by atoms with E-state index >= 15 is 0 Å². The summed E-state index contributed by atoms with van der Waals surface area (Å²) >= 11 is 3.43. The normalized spacial score (nSPS) is 11.3. The van der Waals surface area contributed by atoms with E-state index in [4.69, 9.17) is 0 Å². The highest BCUT2D eigenvalue weighted by molar-refractivity contribution is 9.08. The molecule has 0 bridgehead atoms. The first-order valence-electron chi connectivity index (χ1n) is 10.0. The van der Waals surface area contributed by atoms with Crippen molar-refractivity contribution in [2.45, 2.75) is 11.5 Å². The Balaban J connectivity index is 2.04. The lowest BCUT2D eigenvalue weighted by molar-refractivity contribution is -0.386. The number of nitro benzene ring substituents is 1. The van der Waals surface area contributed by atoms with Crippen molar-refractivity contribution in [2.24, 2.45) is 0 Å². The van der Waals surface area contributed by atoms with Gasteiger partial charge in [0.2, 0.25) is 0 Å². The molecule has 0 amide bonds. The van der Waals surface area contributed by atoms with Crippen LogP contribution in [0.5, 0.6) is 0 Å². The van der Waals surface area contributed by atoms with Crippen molar-refractivity contribution in [3.8, 4) is 0 Å². The Kier molecular flexibility index (Phi) is 6.60. The fourth-order valence-electron chi connectivity index (χ4n) is 4.14. The average Bonchev–Trinajstić information content (AvgIpc) is 2.83. The second-order valence-electron chi connectivity index (χ2n) is 7.29. The maximum Gasteiger partial charge on any atom is 0.280 e. The number of hydrogen-bond acceptors (Lipinski definition) is 2. The quantitative estimate of drug-likeness (QED) is 0.138. The van der Waals surface area contributed by atoms with Crippen LogP contribution < -0.4 is 15.9 Å². The van der Waals surface area contributed by atoms with Gasteiger partial charge >= 0.3 is 0 Å². The summed E-state index contributed by atoms with van der Waals surface area (Å²) in [4.78, 5) is 11.9. The lowest BCUT2D eigenvalue weighted by Crippen LogP contribution is -2.32. The van der Waals surface area contributed by atoms with Crippen LogP contribution in [0.25, 0.3) is 0 Å². The molecule has 0 aromatic heterocycles. The second kappa shape index (κ2) is 9.55. The fraction of sp³-hybridized carbons (Fsp3) is 0.0769. The SMILES string of the molecule is O=[N+]([O-])c1c(CBr)cccc1C[P+](c1ccccc1)(c1ccccc1)c1ccccc1. The minimum absolute atomic E-state index is 0.214. The van der Waals surface area contributed by atoms with Gasteiger partial charge in [0.15, 0.2) is 0 Å². The van der Waals surface area contributed by atoms with E-state index in [2.05, 4.69) is 88.7 Å². The van der Waals surface area contributed by atoms with Gasteiger partial charge < -0.3 is 0 Å². The van der Waals surface area contributed by atoms with E-state index in [0.717, 1.165) is 5.56 Å². The zero-order chi connectivity index (χ0) is 21.7. The lowest BCUT2D eigenvalue weighted by Gasteiger charge is -2.27. The van der Waals surface area contributed by atoms with Gasteiger partial charge in [-0.3, -0.25) is 10.1 Å². The van der Waals surface area contributed by atoms with E-state index in [1.54, 1.807) is 0 Å². The molecular formula is C26H22BrNO2P+. The molecule has 154 valence electrons. The Morgan fingerprint density at radius 3 is 1.45 bits per heavy atom. The number of nitrogens with zero attached hydrogens (tertiary/aromatic N) is 1. The number of alkyl halides is 1. The summed E-state index contributed by atoms with van der Waals surface area (Å²) in [7, 11) is -2.19. The zero-order valence-corrected chi connectivity index (χ0v) is 19.4. The van der Waals surface area contributed by atoms with Gasteiger partial charge in [0, 0.05) is 10.9 Å². The van der Waals surface area contributed by atoms with Gasteiger partial charge in [-0.05, 0) is 42.5 Å². The Bertz CT molecular complexity index is 1070.